The Hall–Kier alpha value is -1.39. The molecule has 0 radical (unpaired) electrons. The zero-order valence-corrected chi connectivity index (χ0v) is 6.70. The van der Waals surface area contributed by atoms with Gasteiger partial charge in [0.15, 0.2) is 0 Å². The largest absolute Gasteiger partial charge is 0.387 e. The quantitative estimate of drug-likeness (QED) is 0.491. The molecule has 1 aromatic rings. The smallest absolute Gasteiger partial charge is 0.145 e. The van der Waals surface area contributed by atoms with Gasteiger partial charge in [-0.25, -0.2) is 4.98 Å². The van der Waals surface area contributed by atoms with E-state index in [9.17, 15) is 0 Å². The number of nitrogens with zero attached hydrogens (tertiary/aromatic N) is 3. The number of aliphatic imine (C=N–C) groups is 1. The molecule has 0 aliphatic heterocycles. The van der Waals surface area contributed by atoms with Crippen LogP contribution in [-0.4, -0.2) is 21.0 Å². The molecule has 1 saturated carbocycles. The second-order valence-corrected chi connectivity index (χ2v) is 2.95. The minimum atomic E-state index is 0.516. The van der Waals surface area contributed by atoms with E-state index in [0.717, 1.165) is 11.7 Å². The molecule has 1 fully saturated rings. The first-order valence-electron chi connectivity index (χ1n) is 4.00. The molecule has 0 unspecified atom stereocenters. The van der Waals surface area contributed by atoms with Gasteiger partial charge in [0.05, 0.1) is 5.84 Å². The summed E-state index contributed by atoms with van der Waals surface area (Å²) < 4.78 is 0. The van der Waals surface area contributed by atoms with E-state index in [1.165, 1.54) is 19.2 Å². The summed E-state index contributed by atoms with van der Waals surface area (Å²) in [5, 5.41) is 6.44. The third-order valence-electron chi connectivity index (χ3n) is 1.87. The average molecular weight is 165 g/mol. The maximum atomic E-state index is 5.68. The Kier molecular flexibility index (Phi) is 1.77. The minimum absolute atomic E-state index is 0.516. The van der Waals surface area contributed by atoms with Crippen LogP contribution in [0.3, 0.4) is 0 Å². The van der Waals surface area contributed by atoms with Crippen LogP contribution in [0, 0.1) is 5.92 Å². The van der Waals surface area contributed by atoms with Gasteiger partial charge in [-0.3, -0.25) is 10.1 Å². The highest BCUT2D eigenvalue weighted by molar-refractivity contribution is 5.84. The van der Waals surface area contributed by atoms with Crippen molar-refractivity contribution >= 4 is 5.84 Å². The molecule has 1 aliphatic carbocycles. The zero-order chi connectivity index (χ0) is 8.39. The molecule has 1 heterocycles. The van der Waals surface area contributed by atoms with Crippen molar-refractivity contribution in [2.24, 2.45) is 16.6 Å². The summed E-state index contributed by atoms with van der Waals surface area (Å²) in [7, 11) is 0. The Labute approximate surface area is 70.1 Å². The lowest BCUT2D eigenvalue weighted by Gasteiger charge is -1.94. The number of rotatable bonds is 3. The Morgan fingerprint density at radius 1 is 1.75 bits per heavy atom. The van der Waals surface area contributed by atoms with Gasteiger partial charge in [-0.05, 0) is 12.8 Å². The molecule has 2 rings (SSSR count). The highest BCUT2D eigenvalue weighted by Gasteiger charge is 2.25. The summed E-state index contributed by atoms with van der Waals surface area (Å²) in [5.74, 6) is 2.05. The second-order valence-electron chi connectivity index (χ2n) is 2.95. The standard InChI is InChI=1S/C7H11N5/c8-7(5-1-2-5)9-3-6-10-4-11-12-6/h4-5H,1-3H2,(H2,8,9)(H,10,11,12). The molecule has 0 amide bonds. The summed E-state index contributed by atoms with van der Waals surface area (Å²) in [6.07, 6.45) is 3.84. The fraction of sp³-hybridized carbons (Fsp3) is 0.571. The third-order valence-corrected chi connectivity index (χ3v) is 1.87. The Morgan fingerprint density at radius 3 is 3.17 bits per heavy atom. The predicted octanol–water partition coefficient (Wildman–Crippen LogP) is 0.0719. The van der Waals surface area contributed by atoms with E-state index in [2.05, 4.69) is 20.2 Å². The van der Waals surface area contributed by atoms with Crippen LogP contribution >= 0.6 is 0 Å². The van der Waals surface area contributed by atoms with Crippen molar-refractivity contribution in [1.82, 2.24) is 15.2 Å². The molecule has 12 heavy (non-hydrogen) atoms. The number of nitrogens with one attached hydrogen (secondary N) is 1. The van der Waals surface area contributed by atoms with Crippen LogP contribution in [0.25, 0.3) is 0 Å². The number of hydrogen-bond donors (Lipinski definition) is 2. The Morgan fingerprint density at radius 2 is 2.58 bits per heavy atom. The molecule has 1 aliphatic rings. The number of H-pyrrole nitrogens is 1. The van der Waals surface area contributed by atoms with E-state index in [0.29, 0.717) is 12.5 Å². The second kappa shape index (κ2) is 2.92. The van der Waals surface area contributed by atoms with Crippen molar-refractivity contribution in [3.8, 4) is 0 Å². The summed E-state index contributed by atoms with van der Waals surface area (Å²) in [6.45, 7) is 0.516. The fourth-order valence-corrected chi connectivity index (χ4v) is 0.981. The molecular formula is C7H11N5. The van der Waals surface area contributed by atoms with Gasteiger partial charge in [0.1, 0.15) is 18.7 Å². The van der Waals surface area contributed by atoms with Crippen molar-refractivity contribution < 1.29 is 0 Å². The van der Waals surface area contributed by atoms with Crippen LogP contribution in [-0.2, 0) is 6.54 Å². The van der Waals surface area contributed by atoms with Gasteiger partial charge in [-0.15, -0.1) is 0 Å². The van der Waals surface area contributed by atoms with E-state index in [1.54, 1.807) is 0 Å². The zero-order valence-electron chi connectivity index (χ0n) is 6.70. The van der Waals surface area contributed by atoms with Gasteiger partial charge in [-0.2, -0.15) is 5.10 Å². The predicted molar refractivity (Wildman–Crippen MR) is 44.4 cm³/mol. The summed E-state index contributed by atoms with van der Waals surface area (Å²) in [5.41, 5.74) is 5.68. The maximum absolute atomic E-state index is 5.68. The molecule has 0 saturated heterocycles. The molecule has 1 aromatic heterocycles. The van der Waals surface area contributed by atoms with Gasteiger partial charge < -0.3 is 5.73 Å². The normalized spacial score (nSPS) is 18.2. The fourth-order valence-electron chi connectivity index (χ4n) is 0.981. The molecule has 64 valence electrons. The Balaban J connectivity index is 1.91. The summed E-state index contributed by atoms with van der Waals surface area (Å²) in [6, 6.07) is 0. The molecular weight excluding hydrogens is 154 g/mol. The van der Waals surface area contributed by atoms with Crippen molar-refractivity contribution in [2.45, 2.75) is 19.4 Å². The number of hydrogen-bond acceptors (Lipinski definition) is 3. The monoisotopic (exact) mass is 165 g/mol. The highest BCUT2D eigenvalue weighted by Crippen LogP contribution is 2.28. The minimum Gasteiger partial charge on any atom is -0.387 e. The first-order chi connectivity index (χ1) is 5.86. The summed E-state index contributed by atoms with van der Waals surface area (Å²) >= 11 is 0. The number of aromatic amines is 1. The number of amidine groups is 1. The third kappa shape index (κ3) is 1.61. The van der Waals surface area contributed by atoms with Gasteiger partial charge >= 0.3 is 0 Å². The van der Waals surface area contributed by atoms with E-state index in [1.807, 2.05) is 0 Å². The molecule has 0 bridgehead atoms. The van der Waals surface area contributed by atoms with E-state index in [-0.39, 0.29) is 0 Å². The van der Waals surface area contributed by atoms with Crippen molar-refractivity contribution in [3.05, 3.63) is 12.2 Å². The SMILES string of the molecule is NC(=NCc1ncn[nH]1)C1CC1. The number of aromatic nitrogens is 3. The average Bonchev–Trinajstić information content (AvgIpc) is 2.80. The first kappa shape index (κ1) is 7.27. The Bertz CT molecular complexity index is 272. The van der Waals surface area contributed by atoms with Crippen molar-refractivity contribution in [2.75, 3.05) is 0 Å². The van der Waals surface area contributed by atoms with E-state index < -0.39 is 0 Å². The molecule has 0 aromatic carbocycles. The highest BCUT2D eigenvalue weighted by atomic mass is 15.2. The van der Waals surface area contributed by atoms with Gasteiger partial charge in [-0.1, -0.05) is 0 Å². The van der Waals surface area contributed by atoms with Crippen LogP contribution in [0.4, 0.5) is 0 Å². The van der Waals surface area contributed by atoms with Crippen molar-refractivity contribution in [1.29, 1.82) is 0 Å². The molecule has 5 nitrogen and oxygen atoms in total. The lowest BCUT2D eigenvalue weighted by molar-refractivity contribution is 0.904. The van der Waals surface area contributed by atoms with Crippen LogP contribution < -0.4 is 5.73 Å². The topological polar surface area (TPSA) is 79.9 Å². The molecule has 0 spiro atoms. The van der Waals surface area contributed by atoms with Crippen LogP contribution in [0.5, 0.6) is 0 Å². The van der Waals surface area contributed by atoms with E-state index in [4.69, 9.17) is 5.73 Å². The lowest BCUT2D eigenvalue weighted by atomic mass is 10.4. The molecule has 5 heteroatoms. The van der Waals surface area contributed by atoms with Crippen LogP contribution in [0.15, 0.2) is 11.3 Å². The van der Waals surface area contributed by atoms with Gasteiger partial charge in [0.25, 0.3) is 0 Å². The van der Waals surface area contributed by atoms with Gasteiger partial charge in [0.2, 0.25) is 0 Å². The molecule has 3 N–H and O–H groups in total. The maximum Gasteiger partial charge on any atom is 0.145 e. The lowest BCUT2D eigenvalue weighted by Crippen LogP contribution is -2.14. The van der Waals surface area contributed by atoms with Gasteiger partial charge in [0, 0.05) is 5.92 Å². The molecule has 0 atom stereocenters. The van der Waals surface area contributed by atoms with E-state index >= 15 is 0 Å². The van der Waals surface area contributed by atoms with Crippen molar-refractivity contribution in [3.63, 3.8) is 0 Å². The van der Waals surface area contributed by atoms with Crippen LogP contribution in [0.2, 0.25) is 0 Å². The van der Waals surface area contributed by atoms with Crippen LogP contribution in [0.1, 0.15) is 18.7 Å². The first-order valence-corrected chi connectivity index (χ1v) is 4.00. The summed E-state index contributed by atoms with van der Waals surface area (Å²) in [4.78, 5) is 8.13. The number of nitrogens with two attached hydrogens (primary N) is 1.